The molecule has 0 saturated carbocycles. The van der Waals surface area contributed by atoms with Crippen LogP contribution in [0.2, 0.25) is 5.02 Å². The quantitative estimate of drug-likeness (QED) is 0.835. The zero-order chi connectivity index (χ0) is 14.2. The standard InChI is InChI=1S/C18H18ClNO/c19-15-7-6-14-12-21-18-11-20(10-17(18)16(14)8-15)9-13-4-2-1-3-5-13/h1-8,17-18H,9-12H2/t17-,18-/m1/s1. The Hall–Kier alpha value is -1.35. The summed E-state index contributed by atoms with van der Waals surface area (Å²) >= 11 is 6.18. The number of hydrogen-bond donors (Lipinski definition) is 0. The SMILES string of the molecule is Clc1ccc2c(c1)[C@H]1CN(Cc3ccccc3)C[C@H]1OC2. The van der Waals surface area contributed by atoms with E-state index in [4.69, 9.17) is 16.3 Å². The van der Waals surface area contributed by atoms with Crippen molar-refractivity contribution in [3.63, 3.8) is 0 Å². The van der Waals surface area contributed by atoms with Crippen LogP contribution in [-0.2, 0) is 17.9 Å². The van der Waals surface area contributed by atoms with Crippen molar-refractivity contribution < 1.29 is 4.74 Å². The van der Waals surface area contributed by atoms with Crippen molar-refractivity contribution in [3.05, 3.63) is 70.2 Å². The van der Waals surface area contributed by atoms with E-state index in [9.17, 15) is 0 Å². The molecule has 2 aliphatic rings. The molecule has 1 saturated heterocycles. The lowest BCUT2D eigenvalue weighted by Gasteiger charge is -2.27. The second-order valence-electron chi connectivity index (χ2n) is 5.98. The molecule has 0 bridgehead atoms. The fourth-order valence-electron chi connectivity index (χ4n) is 3.53. The van der Waals surface area contributed by atoms with Gasteiger partial charge >= 0.3 is 0 Å². The van der Waals surface area contributed by atoms with Crippen LogP contribution < -0.4 is 0 Å². The molecule has 0 spiro atoms. The number of rotatable bonds is 2. The number of ether oxygens (including phenoxy) is 1. The summed E-state index contributed by atoms with van der Waals surface area (Å²) in [5.74, 6) is 0.455. The number of nitrogens with zero attached hydrogens (tertiary/aromatic N) is 1. The number of fused-ring (bicyclic) bond motifs is 3. The highest BCUT2D eigenvalue weighted by molar-refractivity contribution is 6.30. The summed E-state index contributed by atoms with van der Waals surface area (Å²) < 4.78 is 6.05. The molecular weight excluding hydrogens is 282 g/mol. The first-order chi connectivity index (χ1) is 10.3. The van der Waals surface area contributed by atoms with Gasteiger partial charge in [-0.1, -0.05) is 48.0 Å². The molecular formula is C18H18ClNO. The zero-order valence-electron chi connectivity index (χ0n) is 11.8. The van der Waals surface area contributed by atoms with E-state index < -0.39 is 0 Å². The third-order valence-electron chi connectivity index (χ3n) is 4.55. The van der Waals surface area contributed by atoms with Gasteiger partial charge in [0.1, 0.15) is 0 Å². The van der Waals surface area contributed by atoms with E-state index in [-0.39, 0.29) is 0 Å². The highest BCUT2D eigenvalue weighted by Crippen LogP contribution is 2.38. The molecule has 0 amide bonds. The molecule has 4 rings (SSSR count). The van der Waals surface area contributed by atoms with E-state index in [1.54, 1.807) is 0 Å². The van der Waals surface area contributed by atoms with Gasteiger partial charge in [0.05, 0.1) is 12.7 Å². The van der Waals surface area contributed by atoms with Gasteiger partial charge in [-0.3, -0.25) is 4.90 Å². The van der Waals surface area contributed by atoms with E-state index in [2.05, 4.69) is 47.4 Å². The van der Waals surface area contributed by atoms with Crippen LogP contribution in [0.5, 0.6) is 0 Å². The maximum atomic E-state index is 6.18. The highest BCUT2D eigenvalue weighted by atomic mass is 35.5. The minimum absolute atomic E-state index is 0.305. The van der Waals surface area contributed by atoms with Gasteiger partial charge in [-0.2, -0.15) is 0 Å². The first-order valence-electron chi connectivity index (χ1n) is 7.46. The van der Waals surface area contributed by atoms with Gasteiger partial charge in [-0.05, 0) is 28.8 Å². The largest absolute Gasteiger partial charge is 0.372 e. The van der Waals surface area contributed by atoms with Crippen molar-refractivity contribution in [2.24, 2.45) is 0 Å². The number of halogens is 1. The summed E-state index contributed by atoms with van der Waals surface area (Å²) in [7, 11) is 0. The number of hydrogen-bond acceptors (Lipinski definition) is 2. The number of likely N-dealkylation sites (tertiary alicyclic amines) is 1. The van der Waals surface area contributed by atoms with E-state index in [1.807, 2.05) is 6.07 Å². The van der Waals surface area contributed by atoms with Crippen LogP contribution in [0, 0.1) is 0 Å². The summed E-state index contributed by atoms with van der Waals surface area (Å²) in [4.78, 5) is 2.49. The first-order valence-corrected chi connectivity index (χ1v) is 7.83. The van der Waals surface area contributed by atoms with Gasteiger partial charge in [-0.25, -0.2) is 0 Å². The molecule has 3 heteroatoms. The summed E-state index contributed by atoms with van der Waals surface area (Å²) in [5.41, 5.74) is 4.04. The molecule has 0 radical (unpaired) electrons. The van der Waals surface area contributed by atoms with Gasteiger partial charge in [0.15, 0.2) is 0 Å². The van der Waals surface area contributed by atoms with E-state index in [0.29, 0.717) is 18.6 Å². The van der Waals surface area contributed by atoms with Crippen LogP contribution in [0.4, 0.5) is 0 Å². The van der Waals surface area contributed by atoms with Gasteiger partial charge in [-0.15, -0.1) is 0 Å². The lowest BCUT2D eigenvalue weighted by molar-refractivity contribution is 0.0249. The van der Waals surface area contributed by atoms with Gasteiger partial charge in [0, 0.05) is 30.6 Å². The van der Waals surface area contributed by atoms with Crippen molar-refractivity contribution in [2.75, 3.05) is 13.1 Å². The van der Waals surface area contributed by atoms with Crippen LogP contribution in [0.25, 0.3) is 0 Å². The molecule has 2 atom stereocenters. The molecule has 2 aromatic rings. The lowest BCUT2D eigenvalue weighted by atomic mass is 9.90. The minimum atomic E-state index is 0.305. The molecule has 108 valence electrons. The Bertz CT molecular complexity index is 643. The summed E-state index contributed by atoms with van der Waals surface area (Å²) in [6, 6.07) is 16.8. The van der Waals surface area contributed by atoms with Crippen molar-refractivity contribution in [1.82, 2.24) is 4.90 Å². The summed E-state index contributed by atoms with van der Waals surface area (Å²) in [6.07, 6.45) is 0.305. The Morgan fingerprint density at radius 2 is 1.95 bits per heavy atom. The van der Waals surface area contributed by atoms with Crippen molar-refractivity contribution in [2.45, 2.75) is 25.2 Å². The van der Waals surface area contributed by atoms with Crippen molar-refractivity contribution >= 4 is 11.6 Å². The molecule has 2 aliphatic heterocycles. The Labute approximate surface area is 130 Å². The molecule has 0 aliphatic carbocycles. The lowest BCUT2D eigenvalue weighted by Crippen LogP contribution is -2.27. The van der Waals surface area contributed by atoms with Crippen LogP contribution in [0.1, 0.15) is 22.6 Å². The second kappa shape index (κ2) is 5.45. The van der Waals surface area contributed by atoms with E-state index in [0.717, 1.165) is 24.7 Å². The Balaban J connectivity index is 1.55. The molecule has 1 fully saturated rings. The summed E-state index contributed by atoms with van der Waals surface area (Å²) in [6.45, 7) is 3.76. The van der Waals surface area contributed by atoms with E-state index in [1.165, 1.54) is 16.7 Å². The smallest absolute Gasteiger partial charge is 0.0787 e. The Morgan fingerprint density at radius 3 is 2.81 bits per heavy atom. The number of benzene rings is 2. The van der Waals surface area contributed by atoms with Crippen LogP contribution in [-0.4, -0.2) is 24.1 Å². The van der Waals surface area contributed by atoms with Gasteiger partial charge in [0.25, 0.3) is 0 Å². The fourth-order valence-corrected chi connectivity index (χ4v) is 3.71. The molecule has 2 aromatic carbocycles. The van der Waals surface area contributed by atoms with Crippen molar-refractivity contribution in [1.29, 1.82) is 0 Å². The minimum Gasteiger partial charge on any atom is -0.372 e. The van der Waals surface area contributed by atoms with E-state index >= 15 is 0 Å². The topological polar surface area (TPSA) is 12.5 Å². The second-order valence-corrected chi connectivity index (χ2v) is 6.42. The zero-order valence-corrected chi connectivity index (χ0v) is 12.6. The third kappa shape index (κ3) is 2.59. The first kappa shape index (κ1) is 13.3. The Morgan fingerprint density at radius 1 is 1.10 bits per heavy atom. The maximum Gasteiger partial charge on any atom is 0.0787 e. The average molecular weight is 300 g/mol. The molecule has 0 N–H and O–H groups in total. The summed E-state index contributed by atoms with van der Waals surface area (Å²) in [5, 5.41) is 0.830. The average Bonchev–Trinajstić information content (AvgIpc) is 2.91. The van der Waals surface area contributed by atoms with Crippen LogP contribution in [0.3, 0.4) is 0 Å². The molecule has 2 heterocycles. The Kier molecular flexibility index (Phi) is 3.46. The molecule has 0 unspecified atom stereocenters. The van der Waals surface area contributed by atoms with Gasteiger partial charge in [0.2, 0.25) is 0 Å². The monoisotopic (exact) mass is 299 g/mol. The van der Waals surface area contributed by atoms with Gasteiger partial charge < -0.3 is 4.74 Å². The molecule has 21 heavy (non-hydrogen) atoms. The maximum absolute atomic E-state index is 6.18. The normalized spacial score (nSPS) is 24.6. The molecule has 2 nitrogen and oxygen atoms in total. The third-order valence-corrected chi connectivity index (χ3v) is 4.79. The predicted octanol–water partition coefficient (Wildman–Crippen LogP) is 3.84. The highest BCUT2D eigenvalue weighted by Gasteiger charge is 2.38. The van der Waals surface area contributed by atoms with Crippen LogP contribution in [0.15, 0.2) is 48.5 Å². The predicted molar refractivity (Wildman–Crippen MR) is 84.5 cm³/mol. The van der Waals surface area contributed by atoms with Crippen molar-refractivity contribution in [3.8, 4) is 0 Å². The fraction of sp³-hybridized carbons (Fsp3) is 0.333. The molecule has 0 aromatic heterocycles. The van der Waals surface area contributed by atoms with Crippen LogP contribution >= 0.6 is 11.6 Å².